The third-order valence-electron chi connectivity index (χ3n) is 2.71. The SMILES string of the molecule is CCN(CC)CC(=O)N1CCCC1. The minimum absolute atomic E-state index is 0.307. The van der Waals surface area contributed by atoms with Crippen LogP contribution in [0.3, 0.4) is 0 Å². The second-order valence-corrected chi connectivity index (χ2v) is 3.55. The van der Waals surface area contributed by atoms with Crippen molar-refractivity contribution in [3.05, 3.63) is 0 Å². The lowest BCUT2D eigenvalue weighted by Crippen LogP contribution is -2.38. The number of carbonyl (C=O) groups excluding carboxylic acids is 1. The summed E-state index contributed by atoms with van der Waals surface area (Å²) in [6.45, 7) is 8.68. The van der Waals surface area contributed by atoms with Crippen molar-refractivity contribution in [2.75, 3.05) is 32.7 Å². The van der Waals surface area contributed by atoms with Crippen molar-refractivity contribution in [1.82, 2.24) is 9.80 Å². The molecule has 3 heteroatoms. The van der Waals surface area contributed by atoms with Crippen LogP contribution in [-0.4, -0.2) is 48.4 Å². The molecule has 1 saturated heterocycles. The van der Waals surface area contributed by atoms with Gasteiger partial charge in [0.15, 0.2) is 0 Å². The summed E-state index contributed by atoms with van der Waals surface area (Å²) in [4.78, 5) is 15.8. The molecule has 0 aliphatic carbocycles. The molecule has 0 radical (unpaired) electrons. The first-order chi connectivity index (χ1) is 6.27. The van der Waals surface area contributed by atoms with Gasteiger partial charge in [0, 0.05) is 13.1 Å². The summed E-state index contributed by atoms with van der Waals surface area (Å²) >= 11 is 0. The summed E-state index contributed by atoms with van der Waals surface area (Å²) in [5.74, 6) is 0.307. The van der Waals surface area contributed by atoms with E-state index in [1.807, 2.05) is 4.90 Å². The van der Waals surface area contributed by atoms with Crippen molar-refractivity contribution in [3.8, 4) is 0 Å². The second-order valence-electron chi connectivity index (χ2n) is 3.55. The number of rotatable bonds is 4. The van der Waals surface area contributed by atoms with Crippen LogP contribution >= 0.6 is 0 Å². The molecule has 1 heterocycles. The Morgan fingerprint density at radius 2 is 1.77 bits per heavy atom. The zero-order valence-corrected chi connectivity index (χ0v) is 8.75. The number of carbonyl (C=O) groups is 1. The van der Waals surface area contributed by atoms with E-state index in [-0.39, 0.29) is 0 Å². The molecule has 0 spiro atoms. The highest BCUT2D eigenvalue weighted by Crippen LogP contribution is 2.07. The van der Waals surface area contributed by atoms with Crippen LogP contribution in [0.15, 0.2) is 0 Å². The summed E-state index contributed by atoms with van der Waals surface area (Å²) in [7, 11) is 0. The van der Waals surface area contributed by atoms with E-state index in [1.54, 1.807) is 0 Å². The molecule has 0 bridgehead atoms. The fraction of sp³-hybridized carbons (Fsp3) is 0.900. The molecule has 0 atom stereocenters. The number of hydrogen-bond donors (Lipinski definition) is 0. The monoisotopic (exact) mass is 184 g/mol. The van der Waals surface area contributed by atoms with Gasteiger partial charge in [0.05, 0.1) is 6.54 Å². The van der Waals surface area contributed by atoms with Gasteiger partial charge in [-0.3, -0.25) is 9.69 Å². The Kier molecular flexibility index (Phi) is 4.22. The first-order valence-electron chi connectivity index (χ1n) is 5.28. The molecule has 0 unspecified atom stereocenters. The zero-order valence-electron chi connectivity index (χ0n) is 8.75. The van der Waals surface area contributed by atoms with Gasteiger partial charge in [0.25, 0.3) is 0 Å². The van der Waals surface area contributed by atoms with Crippen molar-refractivity contribution in [2.24, 2.45) is 0 Å². The quantitative estimate of drug-likeness (QED) is 0.649. The van der Waals surface area contributed by atoms with Crippen LogP contribution in [0.25, 0.3) is 0 Å². The van der Waals surface area contributed by atoms with E-state index in [1.165, 1.54) is 12.8 Å². The second kappa shape index (κ2) is 5.22. The van der Waals surface area contributed by atoms with Gasteiger partial charge in [0.1, 0.15) is 0 Å². The molecular formula is C10H20N2O. The highest BCUT2D eigenvalue weighted by atomic mass is 16.2. The largest absolute Gasteiger partial charge is 0.342 e. The summed E-state index contributed by atoms with van der Waals surface area (Å²) in [5.41, 5.74) is 0. The van der Waals surface area contributed by atoms with Gasteiger partial charge in [0.2, 0.25) is 5.91 Å². The van der Waals surface area contributed by atoms with Crippen molar-refractivity contribution in [3.63, 3.8) is 0 Å². The Hall–Kier alpha value is -0.570. The molecular weight excluding hydrogens is 164 g/mol. The molecule has 1 rings (SSSR count). The number of likely N-dealkylation sites (N-methyl/N-ethyl adjacent to an activating group) is 1. The smallest absolute Gasteiger partial charge is 0.236 e. The van der Waals surface area contributed by atoms with Crippen LogP contribution in [0, 0.1) is 0 Å². The number of hydrogen-bond acceptors (Lipinski definition) is 2. The molecule has 0 aromatic rings. The number of nitrogens with zero attached hydrogens (tertiary/aromatic N) is 2. The lowest BCUT2D eigenvalue weighted by Gasteiger charge is -2.21. The minimum Gasteiger partial charge on any atom is -0.342 e. The average Bonchev–Trinajstić information content (AvgIpc) is 2.66. The number of amides is 1. The average molecular weight is 184 g/mol. The van der Waals surface area contributed by atoms with Crippen molar-refractivity contribution < 1.29 is 4.79 Å². The standard InChI is InChI=1S/C10H20N2O/c1-3-11(4-2)9-10(13)12-7-5-6-8-12/h3-9H2,1-2H3. The molecule has 0 saturated carbocycles. The van der Waals surface area contributed by atoms with E-state index in [9.17, 15) is 4.79 Å². The summed E-state index contributed by atoms with van der Waals surface area (Å²) in [6.07, 6.45) is 2.37. The van der Waals surface area contributed by atoms with Crippen LogP contribution in [0.5, 0.6) is 0 Å². The molecule has 0 N–H and O–H groups in total. The van der Waals surface area contributed by atoms with E-state index >= 15 is 0 Å². The molecule has 1 aliphatic rings. The Morgan fingerprint density at radius 3 is 2.23 bits per heavy atom. The molecule has 0 aromatic carbocycles. The van der Waals surface area contributed by atoms with Crippen molar-refractivity contribution in [2.45, 2.75) is 26.7 Å². The van der Waals surface area contributed by atoms with Gasteiger partial charge in [-0.05, 0) is 25.9 Å². The lowest BCUT2D eigenvalue weighted by atomic mass is 10.4. The summed E-state index contributed by atoms with van der Waals surface area (Å²) in [5, 5.41) is 0. The Morgan fingerprint density at radius 1 is 1.23 bits per heavy atom. The predicted octanol–water partition coefficient (Wildman–Crippen LogP) is 0.951. The summed E-state index contributed by atoms with van der Waals surface area (Å²) in [6, 6.07) is 0. The third-order valence-corrected chi connectivity index (χ3v) is 2.71. The minimum atomic E-state index is 0.307. The van der Waals surface area contributed by atoms with Crippen LogP contribution in [-0.2, 0) is 4.79 Å². The molecule has 1 fully saturated rings. The first-order valence-corrected chi connectivity index (χ1v) is 5.28. The van der Waals surface area contributed by atoms with Gasteiger partial charge in [-0.15, -0.1) is 0 Å². The molecule has 1 amide bonds. The van der Waals surface area contributed by atoms with E-state index in [0.717, 1.165) is 26.2 Å². The highest BCUT2D eigenvalue weighted by molar-refractivity contribution is 5.78. The van der Waals surface area contributed by atoms with E-state index in [2.05, 4.69) is 18.7 Å². The molecule has 3 nitrogen and oxygen atoms in total. The summed E-state index contributed by atoms with van der Waals surface area (Å²) < 4.78 is 0. The predicted molar refractivity (Wildman–Crippen MR) is 53.6 cm³/mol. The normalized spacial score (nSPS) is 17.0. The van der Waals surface area contributed by atoms with E-state index in [0.29, 0.717) is 12.5 Å². The van der Waals surface area contributed by atoms with Crippen molar-refractivity contribution in [1.29, 1.82) is 0 Å². The van der Waals surface area contributed by atoms with Crippen LogP contribution in [0.2, 0.25) is 0 Å². The lowest BCUT2D eigenvalue weighted by molar-refractivity contribution is -0.131. The van der Waals surface area contributed by atoms with Gasteiger partial charge >= 0.3 is 0 Å². The van der Waals surface area contributed by atoms with E-state index in [4.69, 9.17) is 0 Å². The fourth-order valence-corrected chi connectivity index (χ4v) is 1.71. The molecule has 1 aliphatic heterocycles. The van der Waals surface area contributed by atoms with Gasteiger partial charge in [-0.2, -0.15) is 0 Å². The maximum Gasteiger partial charge on any atom is 0.236 e. The molecule has 13 heavy (non-hydrogen) atoms. The zero-order chi connectivity index (χ0) is 9.68. The van der Waals surface area contributed by atoms with E-state index < -0.39 is 0 Å². The van der Waals surface area contributed by atoms with Gasteiger partial charge in [-0.25, -0.2) is 0 Å². The number of likely N-dealkylation sites (tertiary alicyclic amines) is 1. The highest BCUT2D eigenvalue weighted by Gasteiger charge is 2.18. The molecule has 0 aromatic heterocycles. The van der Waals surface area contributed by atoms with Gasteiger partial charge in [-0.1, -0.05) is 13.8 Å². The first kappa shape index (κ1) is 10.5. The van der Waals surface area contributed by atoms with Crippen LogP contribution in [0.4, 0.5) is 0 Å². The Labute approximate surface area is 80.7 Å². The molecule has 76 valence electrons. The fourth-order valence-electron chi connectivity index (χ4n) is 1.71. The van der Waals surface area contributed by atoms with Crippen molar-refractivity contribution >= 4 is 5.91 Å². The Balaban J connectivity index is 2.30. The van der Waals surface area contributed by atoms with Crippen LogP contribution in [0.1, 0.15) is 26.7 Å². The van der Waals surface area contributed by atoms with Gasteiger partial charge < -0.3 is 4.90 Å². The third kappa shape index (κ3) is 2.99. The maximum absolute atomic E-state index is 11.7. The van der Waals surface area contributed by atoms with Crippen LogP contribution < -0.4 is 0 Å². The Bertz CT molecular complexity index is 160. The maximum atomic E-state index is 11.7. The topological polar surface area (TPSA) is 23.6 Å².